The molecule has 7 heteroatoms. The molecule has 21 heavy (non-hydrogen) atoms. The Morgan fingerprint density at radius 2 is 2.14 bits per heavy atom. The van der Waals surface area contributed by atoms with E-state index < -0.39 is 10.0 Å². The number of nitrogens with zero attached hydrogens (tertiary/aromatic N) is 2. The SMILES string of the molecule is CC1CN(C)CCN1S(=O)(=O)c1cc(CNC2CC2)cs1. The van der Waals surface area contributed by atoms with E-state index in [0.29, 0.717) is 16.8 Å². The molecule has 0 bridgehead atoms. The summed E-state index contributed by atoms with van der Waals surface area (Å²) in [5, 5.41) is 5.38. The molecule has 118 valence electrons. The van der Waals surface area contributed by atoms with Crippen molar-refractivity contribution in [2.45, 2.75) is 42.6 Å². The largest absolute Gasteiger partial charge is 0.310 e. The Hall–Kier alpha value is -0.470. The number of likely N-dealkylation sites (N-methyl/N-ethyl adjacent to an activating group) is 1. The van der Waals surface area contributed by atoms with Gasteiger partial charge in [-0.25, -0.2) is 8.42 Å². The first-order chi connectivity index (χ1) is 9.96. The summed E-state index contributed by atoms with van der Waals surface area (Å²) in [6, 6.07) is 2.51. The van der Waals surface area contributed by atoms with Crippen molar-refractivity contribution < 1.29 is 8.42 Å². The van der Waals surface area contributed by atoms with E-state index >= 15 is 0 Å². The maximum absolute atomic E-state index is 12.8. The van der Waals surface area contributed by atoms with Gasteiger partial charge >= 0.3 is 0 Å². The van der Waals surface area contributed by atoms with Gasteiger partial charge in [-0.1, -0.05) is 0 Å². The summed E-state index contributed by atoms with van der Waals surface area (Å²) in [7, 11) is -1.30. The van der Waals surface area contributed by atoms with Gasteiger partial charge in [-0.3, -0.25) is 0 Å². The molecule has 2 fully saturated rings. The fourth-order valence-corrected chi connectivity index (χ4v) is 5.68. The number of piperazine rings is 1. The minimum absolute atomic E-state index is 0.0314. The second kappa shape index (κ2) is 5.96. The summed E-state index contributed by atoms with van der Waals surface area (Å²) >= 11 is 1.34. The van der Waals surface area contributed by atoms with E-state index in [0.717, 1.165) is 25.2 Å². The van der Waals surface area contributed by atoms with Crippen molar-refractivity contribution in [2.24, 2.45) is 0 Å². The zero-order chi connectivity index (χ0) is 15.0. The van der Waals surface area contributed by atoms with E-state index in [-0.39, 0.29) is 6.04 Å². The molecule has 1 saturated carbocycles. The summed E-state index contributed by atoms with van der Waals surface area (Å²) in [6.07, 6.45) is 2.49. The molecule has 3 rings (SSSR count). The van der Waals surface area contributed by atoms with Crippen LogP contribution in [-0.4, -0.2) is 56.4 Å². The third kappa shape index (κ3) is 3.48. The normalized spacial score (nSPS) is 25.3. The van der Waals surface area contributed by atoms with Crippen LogP contribution in [0, 0.1) is 0 Å². The van der Waals surface area contributed by atoms with E-state index in [1.165, 1.54) is 24.2 Å². The van der Waals surface area contributed by atoms with Gasteiger partial charge in [0.05, 0.1) is 0 Å². The standard InChI is InChI=1S/C14H23N3O2S2/c1-11-9-16(2)5-6-17(11)21(18,19)14-7-12(10-20-14)8-15-13-3-4-13/h7,10-11,13,15H,3-6,8-9H2,1-2H3. The van der Waals surface area contributed by atoms with Crippen LogP contribution in [0.2, 0.25) is 0 Å². The molecule has 0 spiro atoms. The smallest absolute Gasteiger partial charge is 0.252 e. The number of hydrogen-bond donors (Lipinski definition) is 1. The lowest BCUT2D eigenvalue weighted by molar-refractivity contribution is 0.170. The number of hydrogen-bond acceptors (Lipinski definition) is 5. The van der Waals surface area contributed by atoms with E-state index in [1.54, 1.807) is 4.31 Å². The van der Waals surface area contributed by atoms with Gasteiger partial charge in [0.2, 0.25) is 0 Å². The van der Waals surface area contributed by atoms with Gasteiger partial charge < -0.3 is 10.2 Å². The van der Waals surface area contributed by atoms with Crippen molar-refractivity contribution in [3.8, 4) is 0 Å². The quantitative estimate of drug-likeness (QED) is 0.885. The molecule has 5 nitrogen and oxygen atoms in total. The molecule has 2 heterocycles. The zero-order valence-corrected chi connectivity index (χ0v) is 14.2. The monoisotopic (exact) mass is 329 g/mol. The summed E-state index contributed by atoms with van der Waals surface area (Å²) in [5.74, 6) is 0. The minimum atomic E-state index is -3.34. The van der Waals surface area contributed by atoms with Crippen LogP contribution in [0.25, 0.3) is 0 Å². The molecule has 0 radical (unpaired) electrons. The van der Waals surface area contributed by atoms with Crippen LogP contribution in [0.3, 0.4) is 0 Å². The summed E-state index contributed by atoms with van der Waals surface area (Å²) < 4.78 is 27.7. The van der Waals surface area contributed by atoms with Crippen LogP contribution < -0.4 is 5.32 Å². The van der Waals surface area contributed by atoms with Crippen LogP contribution in [0.5, 0.6) is 0 Å². The molecule has 1 saturated heterocycles. The first-order valence-electron chi connectivity index (χ1n) is 7.48. The van der Waals surface area contributed by atoms with Crippen LogP contribution in [0.4, 0.5) is 0 Å². The number of thiophene rings is 1. The van der Waals surface area contributed by atoms with E-state index in [1.807, 2.05) is 25.4 Å². The molecule has 1 atom stereocenters. The zero-order valence-electron chi connectivity index (χ0n) is 12.6. The van der Waals surface area contributed by atoms with Crippen molar-refractivity contribution >= 4 is 21.4 Å². The number of sulfonamides is 1. The van der Waals surface area contributed by atoms with Gasteiger partial charge in [-0.2, -0.15) is 4.31 Å². The Balaban J connectivity index is 1.71. The lowest BCUT2D eigenvalue weighted by atomic mass is 10.2. The van der Waals surface area contributed by atoms with Gasteiger partial charge in [0.1, 0.15) is 4.21 Å². The summed E-state index contributed by atoms with van der Waals surface area (Å²) in [4.78, 5) is 2.18. The van der Waals surface area contributed by atoms with Crippen LogP contribution >= 0.6 is 11.3 Å². The fraction of sp³-hybridized carbons (Fsp3) is 0.714. The van der Waals surface area contributed by atoms with Crippen LogP contribution in [0.1, 0.15) is 25.3 Å². The molecule has 0 aromatic carbocycles. The predicted octanol–water partition coefficient (Wildman–Crippen LogP) is 1.32. The van der Waals surface area contributed by atoms with Crippen molar-refractivity contribution in [1.82, 2.24) is 14.5 Å². The number of rotatable bonds is 5. The number of nitrogens with one attached hydrogen (secondary N) is 1. The molecule has 1 N–H and O–H groups in total. The highest BCUT2D eigenvalue weighted by Gasteiger charge is 2.33. The second-order valence-corrected chi connectivity index (χ2v) is 9.18. The van der Waals surface area contributed by atoms with Crippen molar-refractivity contribution in [2.75, 3.05) is 26.7 Å². The molecule has 2 aliphatic rings. The van der Waals surface area contributed by atoms with E-state index in [4.69, 9.17) is 0 Å². The van der Waals surface area contributed by atoms with Crippen molar-refractivity contribution in [1.29, 1.82) is 0 Å². The third-order valence-corrected chi connectivity index (χ3v) is 7.61. The minimum Gasteiger partial charge on any atom is -0.310 e. The van der Waals surface area contributed by atoms with Gasteiger partial charge in [0, 0.05) is 38.3 Å². The Kier molecular flexibility index (Phi) is 4.38. The Morgan fingerprint density at radius 3 is 2.81 bits per heavy atom. The predicted molar refractivity (Wildman–Crippen MR) is 85.0 cm³/mol. The maximum Gasteiger partial charge on any atom is 0.252 e. The van der Waals surface area contributed by atoms with Gasteiger partial charge in [-0.15, -0.1) is 11.3 Å². The Labute approximate surface area is 131 Å². The third-order valence-electron chi connectivity index (χ3n) is 4.13. The molecule has 1 aliphatic carbocycles. The average molecular weight is 329 g/mol. The van der Waals surface area contributed by atoms with Gasteiger partial charge in [0.25, 0.3) is 10.0 Å². The molecular weight excluding hydrogens is 306 g/mol. The molecule has 1 aromatic rings. The molecule has 0 amide bonds. The summed E-state index contributed by atoms with van der Waals surface area (Å²) in [6.45, 7) is 4.92. The highest BCUT2D eigenvalue weighted by Crippen LogP contribution is 2.27. The highest BCUT2D eigenvalue weighted by molar-refractivity contribution is 7.91. The lowest BCUT2D eigenvalue weighted by Gasteiger charge is -2.36. The van der Waals surface area contributed by atoms with Crippen LogP contribution in [0.15, 0.2) is 15.7 Å². The average Bonchev–Trinajstić information content (AvgIpc) is 3.12. The van der Waals surface area contributed by atoms with Gasteiger partial charge in [-0.05, 0) is 43.8 Å². The first-order valence-corrected chi connectivity index (χ1v) is 9.80. The topological polar surface area (TPSA) is 52.7 Å². The van der Waals surface area contributed by atoms with Crippen molar-refractivity contribution in [3.63, 3.8) is 0 Å². The maximum atomic E-state index is 12.8. The Morgan fingerprint density at radius 1 is 1.38 bits per heavy atom. The van der Waals surface area contributed by atoms with Crippen LogP contribution in [-0.2, 0) is 16.6 Å². The fourth-order valence-electron chi connectivity index (χ4n) is 2.73. The molecule has 1 unspecified atom stereocenters. The van der Waals surface area contributed by atoms with Crippen molar-refractivity contribution in [3.05, 3.63) is 17.0 Å². The lowest BCUT2D eigenvalue weighted by Crippen LogP contribution is -2.52. The van der Waals surface area contributed by atoms with E-state index in [2.05, 4.69) is 10.2 Å². The second-order valence-electron chi connectivity index (χ2n) is 6.16. The Bertz CT molecular complexity index is 595. The van der Waals surface area contributed by atoms with E-state index in [9.17, 15) is 8.42 Å². The first kappa shape index (κ1) is 15.4. The molecule has 1 aromatic heterocycles. The van der Waals surface area contributed by atoms with Gasteiger partial charge in [0.15, 0.2) is 0 Å². The summed E-state index contributed by atoms with van der Waals surface area (Å²) in [5.41, 5.74) is 1.08. The molecular formula is C14H23N3O2S2. The molecule has 1 aliphatic heterocycles. The highest BCUT2D eigenvalue weighted by atomic mass is 32.2.